The van der Waals surface area contributed by atoms with Gasteiger partial charge < -0.3 is 28.4 Å². The number of fused-ring (bicyclic) bond motifs is 2. The van der Waals surface area contributed by atoms with Gasteiger partial charge in [0.1, 0.15) is 22.8 Å². The van der Waals surface area contributed by atoms with Gasteiger partial charge in [0.25, 0.3) is 0 Å². The van der Waals surface area contributed by atoms with E-state index in [-0.39, 0.29) is 29.3 Å². The lowest BCUT2D eigenvalue weighted by Gasteiger charge is -2.30. The minimum Gasteiger partial charge on any atom is -0.495 e. The molecule has 2 atom stereocenters. The Labute approximate surface area is 234 Å². The van der Waals surface area contributed by atoms with Crippen LogP contribution in [0.15, 0.2) is 24.3 Å². The molecular weight excluding hydrogens is 516 g/mol. The summed E-state index contributed by atoms with van der Waals surface area (Å²) in [4.78, 5) is 38.7. The van der Waals surface area contributed by atoms with Crippen molar-refractivity contribution in [1.82, 2.24) is 0 Å². The van der Waals surface area contributed by atoms with Crippen molar-refractivity contribution < 1.29 is 42.8 Å². The summed E-state index contributed by atoms with van der Waals surface area (Å²) in [6.07, 6.45) is 6.83. The zero-order valence-electron chi connectivity index (χ0n) is 23.7. The first-order chi connectivity index (χ1) is 19.3. The Morgan fingerprint density at radius 2 is 1.60 bits per heavy atom. The van der Waals surface area contributed by atoms with Crippen LogP contribution in [0, 0.1) is 0 Å². The van der Waals surface area contributed by atoms with Crippen LogP contribution < -0.4 is 23.7 Å². The van der Waals surface area contributed by atoms with Gasteiger partial charge in [0, 0.05) is 29.9 Å². The van der Waals surface area contributed by atoms with Crippen LogP contribution in [0.4, 0.5) is 0 Å². The van der Waals surface area contributed by atoms with Gasteiger partial charge in [0.2, 0.25) is 5.75 Å². The molecule has 4 rings (SSSR count). The third-order valence-electron chi connectivity index (χ3n) is 7.27. The molecule has 1 unspecified atom stereocenters. The lowest BCUT2D eigenvalue weighted by molar-refractivity contribution is -0.135. The molecule has 0 fully saturated rings. The number of cyclic esters (lactones) is 1. The van der Waals surface area contributed by atoms with Crippen molar-refractivity contribution in [3.8, 4) is 28.7 Å². The number of esters is 2. The second-order valence-electron chi connectivity index (χ2n) is 9.88. The van der Waals surface area contributed by atoms with E-state index < -0.39 is 24.0 Å². The molecule has 9 heteroatoms. The highest BCUT2D eigenvalue weighted by atomic mass is 16.6. The van der Waals surface area contributed by atoms with Crippen LogP contribution in [-0.4, -0.2) is 52.3 Å². The van der Waals surface area contributed by atoms with Gasteiger partial charge in [0.05, 0.1) is 41.0 Å². The van der Waals surface area contributed by atoms with Crippen LogP contribution >= 0.6 is 0 Å². The average molecular weight is 553 g/mol. The molecule has 2 aromatic carbocycles. The number of hydrogen-bond donors (Lipinski definition) is 0. The SMILES string of the molecule is COc1ccc(C2CC(=O)Oc3cc4c(c(OC)c32)C(=O)O[C@@H](C)CCCC(=O)CCC/C=C/4)c(OC)c1OC. The summed E-state index contributed by atoms with van der Waals surface area (Å²) in [5.41, 5.74) is 1.94. The molecule has 214 valence electrons. The van der Waals surface area contributed by atoms with E-state index in [2.05, 4.69) is 0 Å². The summed E-state index contributed by atoms with van der Waals surface area (Å²) in [6, 6.07) is 5.22. The molecule has 0 radical (unpaired) electrons. The fourth-order valence-corrected chi connectivity index (χ4v) is 5.37. The van der Waals surface area contributed by atoms with Crippen LogP contribution in [0.1, 0.15) is 84.8 Å². The van der Waals surface area contributed by atoms with Crippen molar-refractivity contribution in [2.45, 2.75) is 63.9 Å². The molecule has 0 amide bonds. The van der Waals surface area contributed by atoms with Gasteiger partial charge in [-0.2, -0.15) is 0 Å². The molecule has 0 spiro atoms. The van der Waals surface area contributed by atoms with Gasteiger partial charge in [-0.3, -0.25) is 9.59 Å². The zero-order valence-corrected chi connectivity index (χ0v) is 23.7. The second-order valence-corrected chi connectivity index (χ2v) is 9.88. The molecule has 2 aliphatic heterocycles. The fourth-order valence-electron chi connectivity index (χ4n) is 5.37. The van der Waals surface area contributed by atoms with Crippen molar-refractivity contribution in [3.05, 3.63) is 46.5 Å². The summed E-state index contributed by atoms with van der Waals surface area (Å²) >= 11 is 0. The molecule has 0 saturated carbocycles. The van der Waals surface area contributed by atoms with Gasteiger partial charge in [-0.1, -0.05) is 18.2 Å². The number of carbonyl (C=O) groups is 3. The summed E-state index contributed by atoms with van der Waals surface area (Å²) in [5, 5.41) is 0. The minimum atomic E-state index is -0.570. The lowest BCUT2D eigenvalue weighted by atomic mass is 9.82. The van der Waals surface area contributed by atoms with Gasteiger partial charge in [-0.15, -0.1) is 0 Å². The molecule has 0 bridgehead atoms. The molecular formula is C31H36O9. The number of benzene rings is 2. The van der Waals surface area contributed by atoms with E-state index in [1.807, 2.05) is 13.0 Å². The predicted molar refractivity (Wildman–Crippen MR) is 148 cm³/mol. The zero-order chi connectivity index (χ0) is 28.8. The Hall–Kier alpha value is -4.01. The topological polar surface area (TPSA) is 107 Å². The summed E-state index contributed by atoms with van der Waals surface area (Å²) < 4.78 is 34.2. The molecule has 2 heterocycles. The van der Waals surface area contributed by atoms with Crippen molar-refractivity contribution in [2.24, 2.45) is 0 Å². The highest BCUT2D eigenvalue weighted by molar-refractivity contribution is 5.99. The van der Waals surface area contributed by atoms with Crippen molar-refractivity contribution in [3.63, 3.8) is 0 Å². The van der Waals surface area contributed by atoms with E-state index in [1.54, 1.807) is 24.3 Å². The number of ketones is 1. The number of rotatable bonds is 5. The normalized spacial score (nSPS) is 20.7. The number of ether oxygens (including phenoxy) is 6. The smallest absolute Gasteiger partial charge is 0.342 e. The van der Waals surface area contributed by atoms with E-state index >= 15 is 0 Å². The van der Waals surface area contributed by atoms with Gasteiger partial charge in [-0.05, 0) is 50.3 Å². The van der Waals surface area contributed by atoms with Crippen molar-refractivity contribution in [2.75, 3.05) is 28.4 Å². The van der Waals surface area contributed by atoms with Crippen molar-refractivity contribution >= 4 is 23.8 Å². The fraction of sp³-hybridized carbons (Fsp3) is 0.452. The van der Waals surface area contributed by atoms with Crippen LogP contribution in [0.3, 0.4) is 0 Å². The molecule has 9 nitrogen and oxygen atoms in total. The maximum Gasteiger partial charge on any atom is 0.342 e. The molecule has 2 aliphatic rings. The average Bonchev–Trinajstić information content (AvgIpc) is 2.94. The van der Waals surface area contributed by atoms with Crippen LogP contribution in [0.5, 0.6) is 28.7 Å². The molecule has 0 aliphatic carbocycles. The monoisotopic (exact) mass is 552 g/mol. The van der Waals surface area contributed by atoms with E-state index in [4.69, 9.17) is 28.4 Å². The maximum atomic E-state index is 13.7. The largest absolute Gasteiger partial charge is 0.495 e. The Balaban J connectivity index is 1.92. The third kappa shape index (κ3) is 5.93. The predicted octanol–water partition coefficient (Wildman–Crippen LogP) is 5.64. The molecule has 0 aromatic heterocycles. The van der Waals surface area contributed by atoms with E-state index in [0.717, 1.165) is 0 Å². The maximum absolute atomic E-state index is 13.7. The Morgan fingerprint density at radius 3 is 2.30 bits per heavy atom. The first kappa shape index (κ1) is 29.0. The summed E-state index contributed by atoms with van der Waals surface area (Å²) in [6.45, 7) is 1.81. The quantitative estimate of drug-likeness (QED) is 0.344. The molecule has 0 saturated heterocycles. The van der Waals surface area contributed by atoms with E-state index in [9.17, 15) is 14.4 Å². The van der Waals surface area contributed by atoms with Crippen molar-refractivity contribution in [1.29, 1.82) is 0 Å². The highest BCUT2D eigenvalue weighted by Crippen LogP contribution is 2.52. The lowest BCUT2D eigenvalue weighted by Crippen LogP contribution is -2.24. The summed E-state index contributed by atoms with van der Waals surface area (Å²) in [5.74, 6) is 0.475. The van der Waals surface area contributed by atoms with Gasteiger partial charge >= 0.3 is 11.9 Å². The Kier molecular flexibility index (Phi) is 9.34. The minimum absolute atomic E-state index is 0.0106. The van der Waals surface area contributed by atoms with E-state index in [0.29, 0.717) is 72.5 Å². The number of methoxy groups -OCH3 is 4. The van der Waals surface area contributed by atoms with Gasteiger partial charge in [-0.25, -0.2) is 4.79 Å². The highest BCUT2D eigenvalue weighted by Gasteiger charge is 2.38. The second kappa shape index (κ2) is 12.9. The van der Waals surface area contributed by atoms with Gasteiger partial charge in [0.15, 0.2) is 11.5 Å². The first-order valence-corrected chi connectivity index (χ1v) is 13.5. The molecule has 0 N–H and O–H groups in total. The molecule has 2 aromatic rings. The molecule has 40 heavy (non-hydrogen) atoms. The van der Waals surface area contributed by atoms with Crippen LogP contribution in [0.2, 0.25) is 0 Å². The number of allylic oxidation sites excluding steroid dienone is 1. The standard InChI is InChI=1S/C31H36O9/c1-18-10-9-13-20(32)12-8-6-7-11-19-16-24-27(30(38-5)26(19)31(34)39-18)22(17-25(33)40-24)21-14-15-23(35-2)29(37-4)28(21)36-3/h7,11,14-16,18,22H,6,8-10,12-13,17H2,1-5H3/b11-7+/t18-,22?/m0/s1. The Bertz CT molecular complexity index is 1310. The number of carbonyl (C=O) groups excluding carboxylic acids is 3. The first-order valence-electron chi connectivity index (χ1n) is 13.5. The van der Waals surface area contributed by atoms with E-state index in [1.165, 1.54) is 28.4 Å². The number of Topliss-reactive ketones (excluding diaryl/α,β-unsaturated/α-hetero) is 1. The Morgan fingerprint density at radius 1 is 0.875 bits per heavy atom. The van der Waals surface area contributed by atoms with Crippen LogP contribution in [-0.2, 0) is 14.3 Å². The summed E-state index contributed by atoms with van der Waals surface area (Å²) in [7, 11) is 6.03. The van der Waals surface area contributed by atoms with Crippen LogP contribution in [0.25, 0.3) is 6.08 Å². The number of hydrogen-bond acceptors (Lipinski definition) is 9. The third-order valence-corrected chi connectivity index (χ3v) is 7.27.